The average molecular weight is 325 g/mol. The van der Waals surface area contributed by atoms with Crippen molar-refractivity contribution < 1.29 is 13.2 Å². The normalized spacial score (nSPS) is 11.3. The summed E-state index contributed by atoms with van der Waals surface area (Å²) >= 11 is 1.12. The highest BCUT2D eigenvalue weighted by atomic mass is 32.2. The Morgan fingerprint density at radius 3 is 2.67 bits per heavy atom. The molecule has 112 valence electrons. The van der Waals surface area contributed by atoms with Gasteiger partial charge in [-0.1, -0.05) is 0 Å². The zero-order valence-corrected chi connectivity index (χ0v) is 13.2. The topological polar surface area (TPSA) is 88.2 Å². The van der Waals surface area contributed by atoms with Gasteiger partial charge in [-0.15, -0.1) is 11.3 Å². The zero-order valence-electron chi connectivity index (χ0n) is 11.6. The fraction of sp³-hybridized carbons (Fsp3) is 0.231. The van der Waals surface area contributed by atoms with Gasteiger partial charge in [0, 0.05) is 16.8 Å². The van der Waals surface area contributed by atoms with Gasteiger partial charge in [0.25, 0.3) is 5.91 Å². The molecule has 1 amide bonds. The Bertz CT molecular complexity index is 736. The molecule has 2 aromatic heterocycles. The Balaban J connectivity index is 2.00. The smallest absolute Gasteiger partial charge is 0.253 e. The van der Waals surface area contributed by atoms with E-state index in [1.165, 1.54) is 19.3 Å². The summed E-state index contributed by atoms with van der Waals surface area (Å²) in [4.78, 5) is 16.7. The van der Waals surface area contributed by atoms with Gasteiger partial charge in [0.05, 0.1) is 12.1 Å². The van der Waals surface area contributed by atoms with Gasteiger partial charge >= 0.3 is 0 Å². The maximum atomic E-state index is 11.9. The molecule has 0 aliphatic carbocycles. The number of nitrogens with one attached hydrogen (secondary N) is 2. The number of carbonyl (C=O) groups excluding carboxylic acids is 1. The molecule has 0 aromatic carbocycles. The molecule has 0 unspecified atom stereocenters. The molecule has 0 radical (unpaired) electrons. The van der Waals surface area contributed by atoms with Gasteiger partial charge in [0.15, 0.2) is 0 Å². The molecule has 2 N–H and O–H groups in total. The zero-order chi connectivity index (χ0) is 15.5. The molecule has 2 aromatic rings. The summed E-state index contributed by atoms with van der Waals surface area (Å²) in [5.74, 6) is -0.242. The number of hydrogen-bond acceptors (Lipinski definition) is 5. The van der Waals surface area contributed by atoms with Gasteiger partial charge in [-0.2, -0.15) is 0 Å². The molecule has 0 saturated carbocycles. The van der Waals surface area contributed by atoms with Crippen molar-refractivity contribution in [2.75, 3.05) is 7.05 Å². The standard InChI is InChI=1S/C13H15N3O3S2/c1-9-3-4-10(7-15-9)13(17)16-8-11-5-6-12(20-11)21(18,19)14-2/h3-7,14H,8H2,1-2H3,(H,16,17). The van der Waals surface area contributed by atoms with Crippen LogP contribution in [0.2, 0.25) is 0 Å². The van der Waals surface area contributed by atoms with Gasteiger partial charge < -0.3 is 5.32 Å². The summed E-state index contributed by atoms with van der Waals surface area (Å²) in [6.45, 7) is 2.12. The number of aryl methyl sites for hydroxylation is 1. The van der Waals surface area contributed by atoms with E-state index in [0.29, 0.717) is 5.56 Å². The second-order valence-corrected chi connectivity index (χ2v) is 7.58. The third-order valence-electron chi connectivity index (χ3n) is 2.77. The Morgan fingerprint density at radius 2 is 2.05 bits per heavy atom. The van der Waals surface area contributed by atoms with Crippen LogP contribution in [-0.2, 0) is 16.6 Å². The molecule has 0 saturated heterocycles. The Morgan fingerprint density at radius 1 is 1.29 bits per heavy atom. The summed E-state index contributed by atoms with van der Waals surface area (Å²) in [5.41, 5.74) is 1.31. The first-order valence-corrected chi connectivity index (χ1v) is 8.45. The highest BCUT2D eigenvalue weighted by molar-refractivity contribution is 7.91. The van der Waals surface area contributed by atoms with E-state index < -0.39 is 10.0 Å². The SMILES string of the molecule is CNS(=O)(=O)c1ccc(CNC(=O)c2ccc(C)nc2)s1. The maximum Gasteiger partial charge on any atom is 0.253 e. The fourth-order valence-electron chi connectivity index (χ4n) is 1.57. The molecule has 0 aliphatic rings. The molecule has 0 atom stereocenters. The van der Waals surface area contributed by atoms with Gasteiger partial charge in [-0.3, -0.25) is 9.78 Å². The van der Waals surface area contributed by atoms with Crippen LogP contribution in [0, 0.1) is 6.92 Å². The number of hydrogen-bond donors (Lipinski definition) is 2. The van der Waals surface area contributed by atoms with Gasteiger partial charge in [-0.05, 0) is 38.2 Å². The van der Waals surface area contributed by atoms with E-state index >= 15 is 0 Å². The molecule has 21 heavy (non-hydrogen) atoms. The van der Waals surface area contributed by atoms with Crippen LogP contribution < -0.4 is 10.0 Å². The molecule has 0 aliphatic heterocycles. The van der Waals surface area contributed by atoms with Crippen LogP contribution in [0.1, 0.15) is 20.9 Å². The van der Waals surface area contributed by atoms with Crippen molar-refractivity contribution in [2.24, 2.45) is 0 Å². The third kappa shape index (κ3) is 3.87. The summed E-state index contributed by atoms with van der Waals surface area (Å²) in [6.07, 6.45) is 1.51. The van der Waals surface area contributed by atoms with E-state index in [2.05, 4.69) is 15.0 Å². The molecule has 2 rings (SSSR count). The minimum Gasteiger partial charge on any atom is -0.347 e. The summed E-state index contributed by atoms with van der Waals surface area (Å²) < 4.78 is 25.7. The lowest BCUT2D eigenvalue weighted by Crippen LogP contribution is -2.22. The van der Waals surface area contributed by atoms with Crippen LogP contribution >= 0.6 is 11.3 Å². The van der Waals surface area contributed by atoms with Crippen LogP contribution in [0.3, 0.4) is 0 Å². The number of nitrogens with zero attached hydrogens (tertiary/aromatic N) is 1. The molecule has 6 nitrogen and oxygen atoms in total. The molecule has 0 bridgehead atoms. The first-order valence-electron chi connectivity index (χ1n) is 6.15. The molecule has 0 spiro atoms. The molecule has 8 heteroatoms. The molecule has 0 fully saturated rings. The monoisotopic (exact) mass is 325 g/mol. The second-order valence-electron chi connectivity index (χ2n) is 4.30. The first kappa shape index (κ1) is 15.6. The number of sulfonamides is 1. The van der Waals surface area contributed by atoms with Crippen LogP contribution in [0.15, 0.2) is 34.7 Å². The van der Waals surface area contributed by atoms with Crippen LogP contribution in [0.25, 0.3) is 0 Å². The van der Waals surface area contributed by atoms with Crippen LogP contribution in [0.4, 0.5) is 0 Å². The van der Waals surface area contributed by atoms with E-state index in [4.69, 9.17) is 0 Å². The predicted octanol–water partition coefficient (Wildman–Crippen LogP) is 1.29. The number of rotatable bonds is 5. The minimum absolute atomic E-state index is 0.228. The average Bonchev–Trinajstić information content (AvgIpc) is 2.95. The number of carbonyl (C=O) groups is 1. The Hall–Kier alpha value is -1.77. The third-order valence-corrected chi connectivity index (χ3v) is 5.76. The van der Waals surface area contributed by atoms with Crippen molar-refractivity contribution in [2.45, 2.75) is 17.7 Å². The predicted molar refractivity (Wildman–Crippen MR) is 80.7 cm³/mol. The van der Waals surface area contributed by atoms with E-state index in [-0.39, 0.29) is 16.7 Å². The van der Waals surface area contributed by atoms with Gasteiger partial charge in [0.2, 0.25) is 10.0 Å². The van der Waals surface area contributed by atoms with E-state index in [1.807, 2.05) is 6.92 Å². The number of pyridine rings is 1. The quantitative estimate of drug-likeness (QED) is 0.867. The first-order chi connectivity index (χ1) is 9.92. The van der Waals surface area contributed by atoms with Crippen molar-refractivity contribution in [1.29, 1.82) is 0 Å². The highest BCUT2D eigenvalue weighted by Crippen LogP contribution is 2.21. The minimum atomic E-state index is -3.43. The van der Waals surface area contributed by atoms with E-state index in [1.54, 1.807) is 18.2 Å². The number of thiophene rings is 1. The van der Waals surface area contributed by atoms with Gasteiger partial charge in [-0.25, -0.2) is 13.1 Å². The van der Waals surface area contributed by atoms with Crippen molar-refractivity contribution in [3.8, 4) is 0 Å². The molecular formula is C13H15N3O3S2. The summed E-state index contributed by atoms with van der Waals surface area (Å²) in [7, 11) is -2.07. The number of amides is 1. The summed E-state index contributed by atoms with van der Waals surface area (Å²) in [5, 5.41) is 2.73. The van der Waals surface area contributed by atoms with Crippen molar-refractivity contribution >= 4 is 27.3 Å². The molecule has 2 heterocycles. The second kappa shape index (κ2) is 6.33. The van der Waals surface area contributed by atoms with Gasteiger partial charge in [0.1, 0.15) is 4.21 Å². The lowest BCUT2D eigenvalue weighted by Gasteiger charge is -2.03. The Labute approximate surface area is 127 Å². The lowest BCUT2D eigenvalue weighted by atomic mass is 10.2. The maximum absolute atomic E-state index is 11.9. The van der Waals surface area contributed by atoms with Crippen molar-refractivity contribution in [3.63, 3.8) is 0 Å². The molecular weight excluding hydrogens is 310 g/mol. The lowest BCUT2D eigenvalue weighted by molar-refractivity contribution is 0.0951. The van der Waals surface area contributed by atoms with E-state index in [9.17, 15) is 13.2 Å². The summed E-state index contributed by atoms with van der Waals surface area (Å²) in [6, 6.07) is 6.66. The van der Waals surface area contributed by atoms with Crippen LogP contribution in [-0.4, -0.2) is 26.4 Å². The largest absolute Gasteiger partial charge is 0.347 e. The van der Waals surface area contributed by atoms with E-state index in [0.717, 1.165) is 21.9 Å². The van der Waals surface area contributed by atoms with Crippen molar-refractivity contribution in [1.82, 2.24) is 15.0 Å². The highest BCUT2D eigenvalue weighted by Gasteiger charge is 2.14. The fourth-order valence-corrected chi connectivity index (χ4v) is 3.70. The Kier molecular flexibility index (Phi) is 4.71. The number of aromatic nitrogens is 1. The van der Waals surface area contributed by atoms with Crippen molar-refractivity contribution in [3.05, 3.63) is 46.6 Å². The van der Waals surface area contributed by atoms with Crippen LogP contribution in [0.5, 0.6) is 0 Å².